The molecule has 1 aromatic heterocycles. The summed E-state index contributed by atoms with van der Waals surface area (Å²) in [6.45, 7) is 0.788. The first-order valence-corrected chi connectivity index (χ1v) is 8.17. The minimum atomic E-state index is -0.590. The maximum atomic E-state index is 14.2. The van der Waals surface area contributed by atoms with Crippen LogP contribution in [0.4, 0.5) is 4.39 Å². The Morgan fingerprint density at radius 3 is 2.92 bits per heavy atom. The van der Waals surface area contributed by atoms with E-state index in [-0.39, 0.29) is 29.7 Å². The summed E-state index contributed by atoms with van der Waals surface area (Å²) in [6.07, 6.45) is 1.64. The van der Waals surface area contributed by atoms with Gasteiger partial charge in [0.2, 0.25) is 0 Å². The Hall–Kier alpha value is -2.48. The van der Waals surface area contributed by atoms with Crippen molar-refractivity contribution in [2.24, 2.45) is 7.05 Å². The van der Waals surface area contributed by atoms with Gasteiger partial charge in [-0.25, -0.2) is 4.39 Å². The van der Waals surface area contributed by atoms with Crippen molar-refractivity contribution in [3.05, 3.63) is 41.2 Å². The van der Waals surface area contributed by atoms with Crippen LogP contribution < -0.4 is 4.74 Å². The topological polar surface area (TPSA) is 80.5 Å². The third-order valence-electron chi connectivity index (χ3n) is 4.62. The summed E-state index contributed by atoms with van der Waals surface area (Å²) in [7, 11) is 3.21. The molecule has 8 heteroatoms. The summed E-state index contributed by atoms with van der Waals surface area (Å²) in [4.78, 5) is 14.5. The average molecular weight is 348 g/mol. The number of piperidine rings is 1. The highest BCUT2D eigenvalue weighted by atomic mass is 19.1. The second-order valence-electron chi connectivity index (χ2n) is 6.10. The van der Waals surface area contributed by atoms with Crippen LogP contribution in [-0.2, 0) is 13.7 Å². The number of methoxy groups -OCH3 is 1. The van der Waals surface area contributed by atoms with E-state index in [0.29, 0.717) is 18.9 Å². The fourth-order valence-electron chi connectivity index (χ4n) is 3.28. The molecule has 0 spiro atoms. The van der Waals surface area contributed by atoms with Crippen molar-refractivity contribution in [2.75, 3.05) is 20.2 Å². The molecule has 0 saturated carbocycles. The van der Waals surface area contributed by atoms with E-state index >= 15 is 0 Å². The van der Waals surface area contributed by atoms with Gasteiger partial charge < -0.3 is 19.3 Å². The van der Waals surface area contributed by atoms with Crippen LogP contribution in [0.5, 0.6) is 5.75 Å². The lowest BCUT2D eigenvalue weighted by Crippen LogP contribution is -2.40. The molecule has 134 valence electrons. The zero-order valence-electron chi connectivity index (χ0n) is 14.3. The first-order valence-electron chi connectivity index (χ1n) is 8.17. The molecule has 0 bridgehead atoms. The van der Waals surface area contributed by atoms with E-state index in [1.54, 1.807) is 22.6 Å². The zero-order valence-corrected chi connectivity index (χ0v) is 14.3. The molecule has 1 aliphatic rings. The van der Waals surface area contributed by atoms with Gasteiger partial charge in [0.25, 0.3) is 5.91 Å². The standard InChI is InChI=1S/C17H21FN4O3/c1-21-14(10-23)19-20-16(21)11-5-4-8-22(9-11)17(24)15-12(18)6-3-7-13(15)25-2/h3,6-7,11,23H,4-5,8-10H2,1-2H3/t11-/m1/s1. The molecule has 1 aromatic carbocycles. The normalized spacial score (nSPS) is 17.6. The van der Waals surface area contributed by atoms with Crippen LogP contribution in [0.25, 0.3) is 0 Å². The second-order valence-corrected chi connectivity index (χ2v) is 6.10. The van der Waals surface area contributed by atoms with Crippen molar-refractivity contribution in [1.29, 1.82) is 0 Å². The number of halogens is 1. The number of aliphatic hydroxyl groups excluding tert-OH is 1. The van der Waals surface area contributed by atoms with Gasteiger partial charge in [-0.15, -0.1) is 10.2 Å². The molecule has 1 aliphatic heterocycles. The number of rotatable bonds is 4. The van der Waals surface area contributed by atoms with Crippen molar-refractivity contribution in [2.45, 2.75) is 25.4 Å². The number of carbonyl (C=O) groups is 1. The van der Waals surface area contributed by atoms with E-state index in [4.69, 9.17) is 4.74 Å². The predicted octanol–water partition coefficient (Wildman–Crippen LogP) is 1.47. The molecule has 1 saturated heterocycles. The fourth-order valence-corrected chi connectivity index (χ4v) is 3.28. The van der Waals surface area contributed by atoms with Crippen LogP contribution in [-0.4, -0.2) is 50.9 Å². The van der Waals surface area contributed by atoms with Gasteiger partial charge >= 0.3 is 0 Å². The molecular formula is C17H21FN4O3. The Balaban J connectivity index is 1.84. The number of carbonyl (C=O) groups excluding carboxylic acids is 1. The summed E-state index contributed by atoms with van der Waals surface area (Å²) < 4.78 is 21.1. The van der Waals surface area contributed by atoms with Crippen molar-refractivity contribution in [3.63, 3.8) is 0 Å². The number of aromatic nitrogens is 3. The van der Waals surface area contributed by atoms with Gasteiger partial charge in [0, 0.05) is 26.1 Å². The molecule has 1 fully saturated rings. The first kappa shape index (κ1) is 17.3. The number of benzene rings is 1. The predicted molar refractivity (Wildman–Crippen MR) is 87.8 cm³/mol. The van der Waals surface area contributed by atoms with Gasteiger partial charge in [0.1, 0.15) is 29.6 Å². The van der Waals surface area contributed by atoms with Crippen molar-refractivity contribution in [1.82, 2.24) is 19.7 Å². The highest BCUT2D eigenvalue weighted by Crippen LogP contribution is 2.29. The zero-order chi connectivity index (χ0) is 18.0. The van der Waals surface area contributed by atoms with Gasteiger partial charge in [0.15, 0.2) is 5.82 Å². The highest BCUT2D eigenvalue weighted by Gasteiger charge is 2.31. The fraction of sp³-hybridized carbons (Fsp3) is 0.471. The molecule has 3 rings (SSSR count). The largest absolute Gasteiger partial charge is 0.496 e. The summed E-state index contributed by atoms with van der Waals surface area (Å²) in [6, 6.07) is 4.35. The van der Waals surface area contributed by atoms with Crippen LogP contribution in [0.2, 0.25) is 0 Å². The number of aliphatic hydroxyl groups is 1. The van der Waals surface area contributed by atoms with E-state index in [9.17, 15) is 14.3 Å². The monoisotopic (exact) mass is 348 g/mol. The first-order chi connectivity index (χ1) is 12.1. The maximum absolute atomic E-state index is 14.2. The third kappa shape index (κ3) is 3.21. The maximum Gasteiger partial charge on any atom is 0.260 e. The summed E-state index contributed by atoms with van der Waals surface area (Å²) in [5.41, 5.74) is -0.0420. The lowest BCUT2D eigenvalue weighted by molar-refractivity contribution is 0.0695. The van der Waals surface area contributed by atoms with Crippen LogP contribution in [0, 0.1) is 5.82 Å². The molecule has 0 aliphatic carbocycles. The van der Waals surface area contributed by atoms with Gasteiger partial charge in [-0.05, 0) is 25.0 Å². The van der Waals surface area contributed by atoms with E-state index in [0.717, 1.165) is 18.7 Å². The molecule has 1 atom stereocenters. The molecular weight excluding hydrogens is 327 g/mol. The minimum absolute atomic E-state index is 0.00623. The number of likely N-dealkylation sites (tertiary alicyclic amines) is 1. The smallest absolute Gasteiger partial charge is 0.260 e. The quantitative estimate of drug-likeness (QED) is 0.905. The van der Waals surface area contributed by atoms with Gasteiger partial charge in [-0.1, -0.05) is 6.07 Å². The third-order valence-corrected chi connectivity index (χ3v) is 4.62. The van der Waals surface area contributed by atoms with E-state index in [1.807, 2.05) is 0 Å². The molecule has 7 nitrogen and oxygen atoms in total. The Morgan fingerprint density at radius 1 is 1.44 bits per heavy atom. The molecule has 1 N–H and O–H groups in total. The number of ether oxygens (including phenoxy) is 1. The van der Waals surface area contributed by atoms with E-state index in [2.05, 4.69) is 10.2 Å². The van der Waals surface area contributed by atoms with Gasteiger partial charge in [-0.2, -0.15) is 0 Å². The van der Waals surface area contributed by atoms with Gasteiger partial charge in [0.05, 0.1) is 7.11 Å². The van der Waals surface area contributed by atoms with Crippen molar-refractivity contribution >= 4 is 5.91 Å². The number of hydrogen-bond donors (Lipinski definition) is 1. The second kappa shape index (κ2) is 7.18. The Labute approximate surface area is 145 Å². The number of hydrogen-bond acceptors (Lipinski definition) is 5. The molecule has 0 unspecified atom stereocenters. The van der Waals surface area contributed by atoms with E-state index in [1.165, 1.54) is 19.2 Å². The van der Waals surface area contributed by atoms with Crippen LogP contribution in [0.1, 0.15) is 40.8 Å². The van der Waals surface area contributed by atoms with Crippen LogP contribution >= 0.6 is 0 Å². The average Bonchev–Trinajstić information content (AvgIpc) is 3.01. The lowest BCUT2D eigenvalue weighted by Gasteiger charge is -2.32. The highest BCUT2D eigenvalue weighted by molar-refractivity contribution is 5.97. The molecule has 1 amide bonds. The summed E-state index contributed by atoms with van der Waals surface area (Å²) >= 11 is 0. The van der Waals surface area contributed by atoms with Crippen LogP contribution in [0.3, 0.4) is 0 Å². The van der Waals surface area contributed by atoms with Crippen molar-refractivity contribution in [3.8, 4) is 5.75 Å². The number of amides is 1. The van der Waals surface area contributed by atoms with E-state index < -0.39 is 5.82 Å². The Bertz CT molecular complexity index is 777. The number of nitrogens with zero attached hydrogens (tertiary/aromatic N) is 4. The summed E-state index contributed by atoms with van der Waals surface area (Å²) in [5, 5.41) is 17.4. The summed E-state index contributed by atoms with van der Waals surface area (Å²) in [5.74, 6) is 0.454. The molecule has 25 heavy (non-hydrogen) atoms. The Kier molecular flexibility index (Phi) is 4.98. The molecule has 2 aromatic rings. The van der Waals surface area contributed by atoms with Crippen molar-refractivity contribution < 1.29 is 19.0 Å². The minimum Gasteiger partial charge on any atom is -0.496 e. The lowest BCUT2D eigenvalue weighted by atomic mass is 9.96. The Morgan fingerprint density at radius 2 is 2.24 bits per heavy atom. The molecule has 2 heterocycles. The van der Waals surface area contributed by atoms with Gasteiger partial charge in [-0.3, -0.25) is 4.79 Å². The molecule has 0 radical (unpaired) electrons. The van der Waals surface area contributed by atoms with Crippen LogP contribution in [0.15, 0.2) is 18.2 Å². The SMILES string of the molecule is COc1cccc(F)c1C(=O)N1CCC[C@@H](c2nnc(CO)n2C)C1.